The van der Waals surface area contributed by atoms with Crippen LogP contribution in [-0.4, -0.2) is 47.6 Å². The third kappa shape index (κ3) is 4.40. The zero-order valence-electron chi connectivity index (χ0n) is 15.7. The summed E-state index contributed by atoms with van der Waals surface area (Å²) < 4.78 is 10.5. The van der Waals surface area contributed by atoms with Crippen molar-refractivity contribution in [1.82, 2.24) is 0 Å². The average molecular weight is 384 g/mol. The highest BCUT2D eigenvalue weighted by molar-refractivity contribution is 5.70. The SMILES string of the molecule is C#[N+]C(=C)C(Cc1ccc(OC)cc1)([N+]#C)C1CC(O)C=CC1OC(=O)CO. The highest BCUT2D eigenvalue weighted by atomic mass is 16.6. The van der Waals surface area contributed by atoms with Crippen molar-refractivity contribution in [2.24, 2.45) is 5.92 Å². The van der Waals surface area contributed by atoms with E-state index in [4.69, 9.17) is 27.7 Å². The Morgan fingerprint density at radius 1 is 1.32 bits per heavy atom. The maximum absolute atomic E-state index is 11.7. The molecule has 0 fully saturated rings. The van der Waals surface area contributed by atoms with Gasteiger partial charge in [-0.25, -0.2) is 4.79 Å². The third-order valence-electron chi connectivity index (χ3n) is 4.94. The average Bonchev–Trinajstić information content (AvgIpc) is 2.73. The molecule has 4 unspecified atom stereocenters. The van der Waals surface area contributed by atoms with Gasteiger partial charge in [0.15, 0.2) is 0 Å². The molecule has 1 aliphatic carbocycles. The Bertz CT molecular complexity index is 834. The number of hydrogen-bond donors (Lipinski definition) is 2. The van der Waals surface area contributed by atoms with Crippen LogP contribution in [0.3, 0.4) is 0 Å². The van der Waals surface area contributed by atoms with Crippen LogP contribution in [0.15, 0.2) is 48.7 Å². The van der Waals surface area contributed by atoms with E-state index < -0.39 is 36.2 Å². The van der Waals surface area contributed by atoms with E-state index >= 15 is 0 Å². The Morgan fingerprint density at radius 2 is 2.00 bits per heavy atom. The number of benzene rings is 1. The lowest BCUT2D eigenvalue weighted by Gasteiger charge is -2.32. The summed E-state index contributed by atoms with van der Waals surface area (Å²) in [4.78, 5) is 19.4. The molecule has 2 rings (SSSR count). The number of ether oxygens (including phenoxy) is 2. The molecular weight excluding hydrogens is 360 g/mol. The molecule has 1 aliphatic rings. The monoisotopic (exact) mass is 384 g/mol. The molecule has 0 saturated heterocycles. The van der Waals surface area contributed by atoms with Crippen molar-refractivity contribution >= 4 is 5.97 Å². The number of aliphatic hydroxyl groups is 2. The largest absolute Gasteiger partial charge is 0.497 e. The van der Waals surface area contributed by atoms with Gasteiger partial charge >= 0.3 is 17.2 Å². The second-order valence-electron chi connectivity index (χ2n) is 6.56. The molecule has 2 N–H and O–H groups in total. The fourth-order valence-electron chi connectivity index (χ4n) is 3.45. The zero-order chi connectivity index (χ0) is 20.7. The van der Waals surface area contributed by atoms with Gasteiger partial charge in [0.25, 0.3) is 13.1 Å². The van der Waals surface area contributed by atoms with Crippen LogP contribution in [0.2, 0.25) is 0 Å². The van der Waals surface area contributed by atoms with Gasteiger partial charge < -0.3 is 19.7 Å². The van der Waals surface area contributed by atoms with E-state index in [0.717, 1.165) is 5.56 Å². The van der Waals surface area contributed by atoms with E-state index in [9.17, 15) is 9.90 Å². The van der Waals surface area contributed by atoms with Crippen molar-refractivity contribution in [3.05, 3.63) is 63.9 Å². The summed E-state index contributed by atoms with van der Waals surface area (Å²) in [7, 11) is 1.57. The van der Waals surface area contributed by atoms with Gasteiger partial charge in [0, 0.05) is 0 Å². The van der Waals surface area contributed by atoms with Crippen LogP contribution in [0.4, 0.5) is 0 Å². The van der Waals surface area contributed by atoms with Crippen molar-refractivity contribution in [1.29, 1.82) is 0 Å². The number of nitrogens with zero attached hydrogens (tertiary/aromatic N) is 2. The molecule has 0 spiro atoms. The molecule has 0 aromatic heterocycles. The van der Waals surface area contributed by atoms with Crippen LogP contribution in [0.1, 0.15) is 12.0 Å². The van der Waals surface area contributed by atoms with Gasteiger partial charge in [-0.2, -0.15) is 0 Å². The standard InChI is InChI=1S/C21H24N2O5/c1-14(22-2)21(23-3,12-15-5-8-17(27-4)9-6-15)18-11-16(25)7-10-19(18)28-20(26)13-24/h2-3,5-10,16,18-19,24-25H,1,11-13H2,4H3/q+2. The molecule has 0 bridgehead atoms. The van der Waals surface area contributed by atoms with Gasteiger partial charge in [-0.3, -0.25) is 0 Å². The molecule has 0 radical (unpaired) electrons. The first-order valence-corrected chi connectivity index (χ1v) is 8.72. The Balaban J connectivity index is 2.48. The van der Waals surface area contributed by atoms with E-state index in [0.29, 0.717) is 5.75 Å². The van der Waals surface area contributed by atoms with E-state index in [-0.39, 0.29) is 18.5 Å². The maximum Gasteiger partial charge on any atom is 0.399 e. The van der Waals surface area contributed by atoms with Crippen LogP contribution >= 0.6 is 0 Å². The van der Waals surface area contributed by atoms with Crippen molar-refractivity contribution in [2.45, 2.75) is 30.6 Å². The summed E-state index contributed by atoms with van der Waals surface area (Å²) in [5, 5.41) is 19.2. The van der Waals surface area contributed by atoms with Crippen LogP contribution in [-0.2, 0) is 16.0 Å². The first-order chi connectivity index (χ1) is 13.4. The molecule has 1 aromatic carbocycles. The number of methoxy groups -OCH3 is 1. The van der Waals surface area contributed by atoms with Crippen molar-refractivity contribution in [3.63, 3.8) is 0 Å². The molecule has 7 nitrogen and oxygen atoms in total. The highest BCUT2D eigenvalue weighted by Gasteiger charge is 2.62. The lowest BCUT2D eigenvalue weighted by Crippen LogP contribution is -2.48. The fourth-order valence-corrected chi connectivity index (χ4v) is 3.45. The number of rotatable bonds is 7. The van der Waals surface area contributed by atoms with Crippen molar-refractivity contribution in [2.75, 3.05) is 13.7 Å². The minimum Gasteiger partial charge on any atom is -0.497 e. The van der Waals surface area contributed by atoms with E-state index in [1.54, 1.807) is 25.3 Å². The van der Waals surface area contributed by atoms with E-state index in [2.05, 4.69) is 16.3 Å². The van der Waals surface area contributed by atoms with E-state index in [1.807, 2.05) is 12.1 Å². The van der Waals surface area contributed by atoms with Gasteiger partial charge in [0.1, 0.15) is 18.5 Å². The van der Waals surface area contributed by atoms with Crippen LogP contribution in [0.5, 0.6) is 5.75 Å². The minimum atomic E-state index is -1.24. The summed E-state index contributed by atoms with van der Waals surface area (Å²) >= 11 is 0. The first-order valence-electron chi connectivity index (χ1n) is 8.72. The molecule has 1 aromatic rings. The zero-order valence-corrected chi connectivity index (χ0v) is 15.7. The molecule has 28 heavy (non-hydrogen) atoms. The fraction of sp³-hybridized carbons (Fsp3) is 0.381. The molecule has 0 saturated carbocycles. The number of carbonyl (C=O) groups excluding carboxylic acids is 1. The molecule has 0 amide bonds. The second-order valence-corrected chi connectivity index (χ2v) is 6.56. The summed E-state index contributed by atoms with van der Waals surface area (Å²) in [5.41, 5.74) is -0.213. The lowest BCUT2D eigenvalue weighted by molar-refractivity contribution is -0.154. The maximum atomic E-state index is 11.7. The Labute approximate surface area is 164 Å². The Hall–Kier alpha value is -3.13. The predicted molar refractivity (Wildman–Crippen MR) is 105 cm³/mol. The molecule has 7 heteroatoms. The predicted octanol–water partition coefficient (Wildman–Crippen LogP) is 2.26. The quantitative estimate of drug-likeness (QED) is 0.556. The summed E-state index contributed by atoms with van der Waals surface area (Å²) in [6, 6.07) is 7.26. The van der Waals surface area contributed by atoms with Crippen molar-refractivity contribution in [3.8, 4) is 18.9 Å². The number of aliphatic hydroxyl groups excluding tert-OH is 2. The Kier molecular flexibility index (Phi) is 6.94. The summed E-state index contributed by atoms with van der Waals surface area (Å²) in [6.45, 7) is 14.5. The van der Waals surface area contributed by atoms with Gasteiger partial charge in [-0.05, 0) is 41.6 Å². The lowest BCUT2D eigenvalue weighted by atomic mass is 9.70. The van der Waals surface area contributed by atoms with Crippen LogP contribution < -0.4 is 4.74 Å². The molecule has 146 valence electrons. The smallest absolute Gasteiger partial charge is 0.399 e. The molecule has 0 aliphatic heterocycles. The third-order valence-corrected chi connectivity index (χ3v) is 4.94. The van der Waals surface area contributed by atoms with Gasteiger partial charge in [0.2, 0.25) is 0 Å². The van der Waals surface area contributed by atoms with Crippen LogP contribution in [0.25, 0.3) is 9.69 Å². The Morgan fingerprint density at radius 3 is 2.54 bits per heavy atom. The van der Waals surface area contributed by atoms with Gasteiger partial charge in [-0.15, -0.1) is 0 Å². The van der Waals surface area contributed by atoms with Gasteiger partial charge in [-0.1, -0.05) is 23.1 Å². The second kappa shape index (κ2) is 9.18. The normalized spacial score (nSPS) is 23.0. The number of hydrogen-bond acceptors (Lipinski definition) is 5. The van der Waals surface area contributed by atoms with Gasteiger partial charge in [0.05, 0.1) is 25.6 Å². The molecular formula is C21H24N2O5+2. The number of esters is 1. The summed E-state index contributed by atoms with van der Waals surface area (Å²) in [5.74, 6) is -0.719. The van der Waals surface area contributed by atoms with Crippen molar-refractivity contribution < 1.29 is 24.5 Å². The minimum absolute atomic E-state index is 0.184. The molecule has 4 atom stereocenters. The number of carbonyl (C=O) groups is 1. The summed E-state index contributed by atoms with van der Waals surface area (Å²) in [6.07, 6.45) is 1.91. The molecule has 0 heterocycles. The highest BCUT2D eigenvalue weighted by Crippen LogP contribution is 2.42. The van der Waals surface area contributed by atoms with E-state index in [1.165, 1.54) is 6.08 Å². The first kappa shape index (κ1) is 21.2. The topological polar surface area (TPSA) is 84.7 Å². The van der Waals surface area contributed by atoms with Crippen LogP contribution in [0, 0.1) is 19.1 Å².